The molecule has 4 rings (SSSR count). The maximum Gasteiger partial charge on any atom is 0.257 e. The van der Waals surface area contributed by atoms with Crippen LogP contribution in [-0.4, -0.2) is 37.1 Å². The Balaban J connectivity index is 0.000000806. The van der Waals surface area contributed by atoms with Crippen molar-refractivity contribution < 1.29 is 4.79 Å². The summed E-state index contributed by atoms with van der Waals surface area (Å²) < 4.78 is 1.95. The molecule has 1 aromatic heterocycles. The largest absolute Gasteiger partial charge is 0.372 e. The molecule has 1 aliphatic rings. The van der Waals surface area contributed by atoms with Gasteiger partial charge in [0.1, 0.15) is 0 Å². The SMILES string of the molecule is CNC.Cc1ccc(Sn2ccc(C(=O)Nc3ccc(N4CCCC4)cc3)c2)cc1. The van der Waals surface area contributed by atoms with Crippen molar-refractivity contribution in [2.75, 3.05) is 37.4 Å². The van der Waals surface area contributed by atoms with Crippen LogP contribution in [0.4, 0.5) is 11.4 Å². The molecule has 0 unspecified atom stereocenters. The maximum absolute atomic E-state index is 12.5. The fraction of sp³-hybridized carbons (Fsp3) is 0.292. The van der Waals surface area contributed by atoms with Crippen LogP contribution < -0.4 is 15.5 Å². The van der Waals surface area contributed by atoms with Gasteiger partial charge in [-0.15, -0.1) is 0 Å². The van der Waals surface area contributed by atoms with Gasteiger partial charge in [-0.1, -0.05) is 17.7 Å². The number of aryl methyl sites for hydroxylation is 1. The van der Waals surface area contributed by atoms with Crippen molar-refractivity contribution in [1.29, 1.82) is 0 Å². The fourth-order valence-electron chi connectivity index (χ4n) is 3.22. The second kappa shape index (κ2) is 10.9. The standard InChI is InChI=1S/C22H23N3OS.C2H7N/c1-17-4-10-21(11-5-17)27-25-15-12-18(16-25)22(26)23-19-6-8-20(9-7-19)24-13-2-3-14-24;1-3-2/h4-12,15-16H,2-3,13-14H2,1H3,(H,23,26);3H,1-2H3. The van der Waals surface area contributed by atoms with E-state index in [0.717, 1.165) is 23.7 Å². The van der Waals surface area contributed by atoms with Crippen LogP contribution in [0.2, 0.25) is 0 Å². The zero-order valence-corrected chi connectivity index (χ0v) is 18.7. The Morgan fingerprint density at radius 2 is 1.57 bits per heavy atom. The number of carbonyl (C=O) groups excluding carboxylic acids is 1. The molecule has 1 saturated heterocycles. The number of hydrogen-bond acceptors (Lipinski definition) is 4. The zero-order chi connectivity index (χ0) is 21.3. The molecule has 2 aromatic carbocycles. The predicted molar refractivity (Wildman–Crippen MR) is 128 cm³/mol. The normalized spacial score (nSPS) is 13.0. The van der Waals surface area contributed by atoms with Crippen LogP contribution in [0.1, 0.15) is 28.8 Å². The molecule has 0 spiro atoms. The number of amides is 1. The average Bonchev–Trinajstić information content (AvgIpc) is 3.43. The van der Waals surface area contributed by atoms with Crippen molar-refractivity contribution >= 4 is 29.2 Å². The number of rotatable bonds is 5. The molecule has 5 nitrogen and oxygen atoms in total. The quantitative estimate of drug-likeness (QED) is 0.605. The number of carbonyl (C=O) groups is 1. The molecule has 1 aliphatic heterocycles. The fourth-order valence-corrected chi connectivity index (χ4v) is 4.01. The van der Waals surface area contributed by atoms with Crippen LogP contribution in [0.25, 0.3) is 0 Å². The molecule has 2 heterocycles. The number of nitrogens with one attached hydrogen (secondary N) is 2. The smallest absolute Gasteiger partial charge is 0.257 e. The zero-order valence-electron chi connectivity index (χ0n) is 17.9. The second-order valence-electron chi connectivity index (χ2n) is 7.36. The molecule has 30 heavy (non-hydrogen) atoms. The van der Waals surface area contributed by atoms with E-state index < -0.39 is 0 Å². The van der Waals surface area contributed by atoms with Gasteiger partial charge in [0.05, 0.1) is 5.56 Å². The van der Waals surface area contributed by atoms with E-state index >= 15 is 0 Å². The number of aromatic nitrogens is 1. The van der Waals surface area contributed by atoms with Gasteiger partial charge in [0, 0.05) is 41.8 Å². The Labute approximate surface area is 183 Å². The third-order valence-electron chi connectivity index (χ3n) is 4.76. The van der Waals surface area contributed by atoms with E-state index in [-0.39, 0.29) is 5.91 Å². The highest BCUT2D eigenvalue weighted by Crippen LogP contribution is 2.24. The highest BCUT2D eigenvalue weighted by molar-refractivity contribution is 7.97. The summed E-state index contributed by atoms with van der Waals surface area (Å²) in [5, 5.41) is 5.73. The molecule has 3 aromatic rings. The molecule has 0 bridgehead atoms. The summed E-state index contributed by atoms with van der Waals surface area (Å²) in [5.74, 6) is -0.0906. The van der Waals surface area contributed by atoms with E-state index in [1.54, 1.807) is 11.9 Å². The Bertz CT molecular complexity index is 929. The van der Waals surface area contributed by atoms with Gasteiger partial charge in [-0.3, -0.25) is 8.77 Å². The van der Waals surface area contributed by atoms with Gasteiger partial charge >= 0.3 is 0 Å². The number of anilines is 2. The first-order valence-corrected chi connectivity index (χ1v) is 11.0. The van der Waals surface area contributed by atoms with E-state index in [9.17, 15) is 4.79 Å². The minimum absolute atomic E-state index is 0.0906. The molecule has 158 valence electrons. The van der Waals surface area contributed by atoms with Crippen LogP contribution >= 0.6 is 11.9 Å². The Hall–Kier alpha value is -2.70. The van der Waals surface area contributed by atoms with Crippen LogP contribution in [0.3, 0.4) is 0 Å². The molecular formula is C24H30N4OS. The van der Waals surface area contributed by atoms with Gasteiger partial charge < -0.3 is 15.5 Å². The lowest BCUT2D eigenvalue weighted by molar-refractivity contribution is 0.102. The first-order valence-electron chi connectivity index (χ1n) is 10.3. The van der Waals surface area contributed by atoms with Gasteiger partial charge in [-0.25, -0.2) is 0 Å². The molecular weight excluding hydrogens is 392 g/mol. The molecule has 0 atom stereocenters. The van der Waals surface area contributed by atoms with Crippen molar-refractivity contribution in [3.63, 3.8) is 0 Å². The van der Waals surface area contributed by atoms with Crippen LogP contribution in [0.15, 0.2) is 71.9 Å². The van der Waals surface area contributed by atoms with Crippen LogP contribution in [-0.2, 0) is 0 Å². The first-order chi connectivity index (χ1) is 14.6. The van der Waals surface area contributed by atoms with Crippen LogP contribution in [0, 0.1) is 6.92 Å². The lowest BCUT2D eigenvalue weighted by Gasteiger charge is -2.17. The number of benzene rings is 2. The molecule has 1 amide bonds. The lowest BCUT2D eigenvalue weighted by atomic mass is 10.2. The molecule has 6 heteroatoms. The average molecular weight is 423 g/mol. The van der Waals surface area contributed by atoms with Gasteiger partial charge in [0.15, 0.2) is 0 Å². The van der Waals surface area contributed by atoms with E-state index in [4.69, 9.17) is 0 Å². The Morgan fingerprint density at radius 1 is 0.933 bits per heavy atom. The second-order valence-corrected chi connectivity index (χ2v) is 8.44. The number of nitrogens with zero attached hydrogens (tertiary/aromatic N) is 2. The summed E-state index contributed by atoms with van der Waals surface area (Å²) in [5.41, 5.74) is 3.94. The number of hydrogen-bond donors (Lipinski definition) is 2. The van der Waals surface area contributed by atoms with Gasteiger partial charge in [-0.05, 0) is 88.3 Å². The summed E-state index contributed by atoms with van der Waals surface area (Å²) in [6.45, 7) is 4.32. The Morgan fingerprint density at radius 3 is 2.20 bits per heavy atom. The summed E-state index contributed by atoms with van der Waals surface area (Å²) in [6.07, 6.45) is 6.29. The minimum atomic E-state index is -0.0906. The molecule has 0 saturated carbocycles. The summed E-state index contributed by atoms with van der Waals surface area (Å²) in [4.78, 5) is 16.0. The topological polar surface area (TPSA) is 49.3 Å². The van der Waals surface area contributed by atoms with Gasteiger partial charge in [-0.2, -0.15) is 0 Å². The van der Waals surface area contributed by atoms with Crippen molar-refractivity contribution in [2.45, 2.75) is 24.7 Å². The summed E-state index contributed by atoms with van der Waals surface area (Å²) in [6, 6.07) is 18.3. The molecule has 1 fully saturated rings. The summed E-state index contributed by atoms with van der Waals surface area (Å²) >= 11 is 1.59. The highest BCUT2D eigenvalue weighted by atomic mass is 32.2. The summed E-state index contributed by atoms with van der Waals surface area (Å²) in [7, 11) is 3.75. The van der Waals surface area contributed by atoms with Crippen molar-refractivity contribution in [3.05, 3.63) is 78.1 Å². The van der Waals surface area contributed by atoms with Gasteiger partial charge in [0.2, 0.25) is 0 Å². The Kier molecular flexibility index (Phi) is 7.99. The molecule has 2 N–H and O–H groups in total. The van der Waals surface area contributed by atoms with E-state index in [0.29, 0.717) is 5.56 Å². The molecule has 0 radical (unpaired) electrons. The third-order valence-corrected chi connectivity index (χ3v) is 5.68. The van der Waals surface area contributed by atoms with E-state index in [1.807, 2.05) is 48.7 Å². The maximum atomic E-state index is 12.5. The van der Waals surface area contributed by atoms with Gasteiger partial charge in [0.25, 0.3) is 5.91 Å². The predicted octanol–water partition coefficient (Wildman–Crippen LogP) is 5.04. The van der Waals surface area contributed by atoms with E-state index in [1.165, 1.54) is 24.1 Å². The first kappa shape index (κ1) is 22.0. The molecule has 0 aliphatic carbocycles. The van der Waals surface area contributed by atoms with E-state index in [2.05, 4.69) is 58.9 Å². The third kappa shape index (κ3) is 6.15. The van der Waals surface area contributed by atoms with Crippen molar-refractivity contribution in [2.24, 2.45) is 0 Å². The van der Waals surface area contributed by atoms with Crippen molar-refractivity contribution in [3.8, 4) is 0 Å². The monoisotopic (exact) mass is 422 g/mol. The highest BCUT2D eigenvalue weighted by Gasteiger charge is 2.13. The van der Waals surface area contributed by atoms with Crippen LogP contribution in [0.5, 0.6) is 0 Å². The lowest BCUT2D eigenvalue weighted by Crippen LogP contribution is -2.17. The minimum Gasteiger partial charge on any atom is -0.372 e. The van der Waals surface area contributed by atoms with Crippen molar-refractivity contribution in [1.82, 2.24) is 9.29 Å².